The van der Waals surface area contributed by atoms with E-state index in [1.165, 1.54) is 25.7 Å². The topological polar surface area (TPSA) is 42.5 Å². The van der Waals surface area contributed by atoms with Crippen molar-refractivity contribution in [1.29, 1.82) is 0 Å². The summed E-state index contributed by atoms with van der Waals surface area (Å²) in [6.45, 7) is 10.5. The van der Waals surface area contributed by atoms with Crippen LogP contribution in [0.2, 0.25) is 0 Å². The molecule has 3 aliphatic rings. The number of nitrogens with one attached hydrogen (secondary N) is 2. The standard InChI is InChI=1S/C16H30N2O2/c1-15(2)9-19-13(17-15)11-6-5-7-12(8-11)14-18-16(3,4)10-20-14/h11-14,17-18H,5-10H2,1-4H3. The number of hydrogen-bond donors (Lipinski definition) is 2. The van der Waals surface area contributed by atoms with Crippen LogP contribution in [0, 0.1) is 11.8 Å². The summed E-state index contributed by atoms with van der Waals surface area (Å²) in [4.78, 5) is 0. The Balaban J connectivity index is 1.57. The van der Waals surface area contributed by atoms with Gasteiger partial charge in [0.15, 0.2) is 0 Å². The lowest BCUT2D eigenvalue weighted by atomic mass is 9.79. The van der Waals surface area contributed by atoms with Gasteiger partial charge in [-0.05, 0) is 58.8 Å². The van der Waals surface area contributed by atoms with Gasteiger partial charge in [-0.1, -0.05) is 6.42 Å². The number of hydrogen-bond acceptors (Lipinski definition) is 4. The van der Waals surface area contributed by atoms with Crippen molar-refractivity contribution in [2.24, 2.45) is 11.8 Å². The van der Waals surface area contributed by atoms with Crippen LogP contribution in [0.25, 0.3) is 0 Å². The number of rotatable bonds is 2. The lowest BCUT2D eigenvalue weighted by molar-refractivity contribution is -0.0133. The molecule has 0 amide bonds. The lowest BCUT2D eigenvalue weighted by Gasteiger charge is -2.35. The van der Waals surface area contributed by atoms with E-state index in [0.29, 0.717) is 11.8 Å². The van der Waals surface area contributed by atoms with Gasteiger partial charge in [-0.15, -0.1) is 0 Å². The van der Waals surface area contributed by atoms with Crippen molar-refractivity contribution in [2.75, 3.05) is 13.2 Å². The molecule has 2 heterocycles. The number of ether oxygens (including phenoxy) is 2. The van der Waals surface area contributed by atoms with E-state index in [4.69, 9.17) is 9.47 Å². The summed E-state index contributed by atoms with van der Waals surface area (Å²) in [7, 11) is 0. The molecule has 116 valence electrons. The van der Waals surface area contributed by atoms with Gasteiger partial charge in [0.2, 0.25) is 0 Å². The van der Waals surface area contributed by atoms with Gasteiger partial charge in [0.1, 0.15) is 12.5 Å². The first-order valence-corrected chi connectivity index (χ1v) is 8.13. The van der Waals surface area contributed by atoms with Crippen molar-refractivity contribution < 1.29 is 9.47 Å². The second-order valence-corrected chi connectivity index (χ2v) is 8.21. The quantitative estimate of drug-likeness (QED) is 0.815. The van der Waals surface area contributed by atoms with Gasteiger partial charge in [0.25, 0.3) is 0 Å². The van der Waals surface area contributed by atoms with Crippen molar-refractivity contribution in [3.8, 4) is 0 Å². The summed E-state index contributed by atoms with van der Waals surface area (Å²) in [5.74, 6) is 1.26. The van der Waals surface area contributed by atoms with E-state index in [1.54, 1.807) is 0 Å². The molecular weight excluding hydrogens is 252 g/mol. The highest BCUT2D eigenvalue weighted by Gasteiger charge is 2.42. The van der Waals surface area contributed by atoms with Crippen LogP contribution in [0.4, 0.5) is 0 Å². The molecule has 2 saturated heterocycles. The summed E-state index contributed by atoms with van der Waals surface area (Å²) >= 11 is 0. The maximum absolute atomic E-state index is 5.99. The fourth-order valence-corrected chi connectivity index (χ4v) is 3.86. The predicted octanol–water partition coefficient (Wildman–Crippen LogP) is 2.24. The largest absolute Gasteiger partial charge is 0.361 e. The van der Waals surface area contributed by atoms with Gasteiger partial charge < -0.3 is 9.47 Å². The molecule has 4 nitrogen and oxygen atoms in total. The molecule has 2 N–H and O–H groups in total. The minimum Gasteiger partial charge on any atom is -0.361 e. The molecule has 0 radical (unpaired) electrons. The zero-order valence-electron chi connectivity index (χ0n) is 13.4. The van der Waals surface area contributed by atoms with Gasteiger partial charge >= 0.3 is 0 Å². The molecule has 4 unspecified atom stereocenters. The van der Waals surface area contributed by atoms with Crippen LogP contribution in [0.5, 0.6) is 0 Å². The highest BCUT2D eigenvalue weighted by Crippen LogP contribution is 2.37. The average Bonchev–Trinajstić information content (AvgIpc) is 2.92. The zero-order chi connectivity index (χ0) is 14.4. The van der Waals surface area contributed by atoms with Crippen molar-refractivity contribution in [3.63, 3.8) is 0 Å². The van der Waals surface area contributed by atoms with E-state index in [1.807, 2.05) is 0 Å². The molecule has 3 rings (SSSR count). The lowest BCUT2D eigenvalue weighted by Crippen LogP contribution is -2.46. The van der Waals surface area contributed by atoms with Crippen molar-refractivity contribution in [2.45, 2.75) is 76.9 Å². The van der Waals surface area contributed by atoms with E-state index in [0.717, 1.165) is 13.2 Å². The minimum absolute atomic E-state index is 0.127. The third-order valence-electron chi connectivity index (χ3n) is 4.93. The molecule has 1 saturated carbocycles. The Kier molecular flexibility index (Phi) is 3.87. The molecule has 2 aliphatic heterocycles. The highest BCUT2D eigenvalue weighted by molar-refractivity contribution is 4.93. The van der Waals surface area contributed by atoms with E-state index in [-0.39, 0.29) is 23.5 Å². The van der Waals surface area contributed by atoms with Crippen molar-refractivity contribution in [1.82, 2.24) is 10.6 Å². The Morgan fingerprint density at radius 2 is 1.25 bits per heavy atom. The summed E-state index contributed by atoms with van der Waals surface area (Å²) in [6, 6.07) is 0. The third kappa shape index (κ3) is 3.19. The van der Waals surface area contributed by atoms with Gasteiger partial charge in [0, 0.05) is 11.1 Å². The van der Waals surface area contributed by atoms with Crippen LogP contribution < -0.4 is 10.6 Å². The van der Waals surface area contributed by atoms with Crippen LogP contribution in [0.3, 0.4) is 0 Å². The first-order chi connectivity index (χ1) is 9.35. The molecule has 0 bridgehead atoms. The third-order valence-corrected chi connectivity index (χ3v) is 4.93. The normalized spacial score (nSPS) is 43.8. The van der Waals surface area contributed by atoms with Crippen LogP contribution in [0.1, 0.15) is 53.4 Å². The Labute approximate surface area is 123 Å². The fourth-order valence-electron chi connectivity index (χ4n) is 3.86. The average molecular weight is 282 g/mol. The smallest absolute Gasteiger partial charge is 0.111 e. The minimum atomic E-state index is 0.127. The van der Waals surface area contributed by atoms with Crippen LogP contribution >= 0.6 is 0 Å². The molecule has 1 aliphatic carbocycles. The molecule has 3 fully saturated rings. The Morgan fingerprint density at radius 1 is 0.800 bits per heavy atom. The second-order valence-electron chi connectivity index (χ2n) is 8.21. The SMILES string of the molecule is CC1(C)COC(C2CCCC(C3NC(C)(C)CO3)C2)N1. The molecular formula is C16H30N2O2. The van der Waals surface area contributed by atoms with Crippen molar-refractivity contribution in [3.05, 3.63) is 0 Å². The van der Waals surface area contributed by atoms with E-state index in [9.17, 15) is 0 Å². The summed E-state index contributed by atoms with van der Waals surface area (Å²) in [6.07, 6.45) is 5.53. The monoisotopic (exact) mass is 282 g/mol. The summed E-state index contributed by atoms with van der Waals surface area (Å²) in [5.41, 5.74) is 0.253. The zero-order valence-corrected chi connectivity index (χ0v) is 13.4. The highest BCUT2D eigenvalue weighted by atomic mass is 16.5. The van der Waals surface area contributed by atoms with E-state index < -0.39 is 0 Å². The van der Waals surface area contributed by atoms with Gasteiger partial charge in [-0.3, -0.25) is 10.6 Å². The van der Waals surface area contributed by atoms with E-state index in [2.05, 4.69) is 38.3 Å². The maximum atomic E-state index is 5.99. The van der Waals surface area contributed by atoms with Gasteiger partial charge in [-0.25, -0.2) is 0 Å². The Hall–Kier alpha value is -0.160. The first kappa shape index (κ1) is 14.8. The molecule has 20 heavy (non-hydrogen) atoms. The Morgan fingerprint density at radius 3 is 1.60 bits per heavy atom. The molecule has 4 heteroatoms. The summed E-state index contributed by atoms with van der Waals surface area (Å²) < 4.78 is 12.0. The second kappa shape index (κ2) is 5.24. The van der Waals surface area contributed by atoms with Gasteiger partial charge in [-0.2, -0.15) is 0 Å². The Bertz CT molecular complexity index is 324. The van der Waals surface area contributed by atoms with Gasteiger partial charge in [0.05, 0.1) is 13.2 Å². The molecule has 0 aromatic heterocycles. The molecule has 0 spiro atoms. The molecule has 0 aromatic rings. The van der Waals surface area contributed by atoms with Crippen LogP contribution in [0.15, 0.2) is 0 Å². The molecule has 4 atom stereocenters. The first-order valence-electron chi connectivity index (χ1n) is 8.13. The maximum Gasteiger partial charge on any atom is 0.111 e. The van der Waals surface area contributed by atoms with E-state index >= 15 is 0 Å². The fraction of sp³-hybridized carbons (Fsp3) is 1.00. The van der Waals surface area contributed by atoms with Crippen LogP contribution in [-0.4, -0.2) is 36.7 Å². The summed E-state index contributed by atoms with van der Waals surface area (Å²) in [5, 5.41) is 7.29. The predicted molar refractivity (Wildman–Crippen MR) is 79.4 cm³/mol. The van der Waals surface area contributed by atoms with Crippen molar-refractivity contribution >= 4 is 0 Å². The molecule has 0 aromatic carbocycles. The van der Waals surface area contributed by atoms with Crippen LogP contribution in [-0.2, 0) is 9.47 Å².